The standard InChI is InChI=1S/C15H18N2O2/c1-10-7-13(11(2)17-10)9-16-15(18)12-5-4-6-14(8-12)19-3/h4-8,17H,9H2,1-3H3,(H,16,18). The maximum Gasteiger partial charge on any atom is 0.251 e. The van der Waals surface area contributed by atoms with E-state index in [0.717, 1.165) is 17.0 Å². The summed E-state index contributed by atoms with van der Waals surface area (Å²) in [6, 6.07) is 9.16. The number of ether oxygens (including phenoxy) is 1. The number of nitrogens with one attached hydrogen (secondary N) is 2. The van der Waals surface area contributed by atoms with E-state index < -0.39 is 0 Å². The van der Waals surface area contributed by atoms with Crippen LogP contribution in [0.2, 0.25) is 0 Å². The van der Waals surface area contributed by atoms with Gasteiger partial charge in [0.05, 0.1) is 7.11 Å². The molecule has 1 aromatic heterocycles. The maximum atomic E-state index is 12.0. The van der Waals surface area contributed by atoms with E-state index in [9.17, 15) is 4.79 Å². The summed E-state index contributed by atoms with van der Waals surface area (Å²) >= 11 is 0. The number of aromatic amines is 1. The molecule has 0 aliphatic rings. The van der Waals surface area contributed by atoms with E-state index in [1.54, 1.807) is 25.3 Å². The van der Waals surface area contributed by atoms with Crippen molar-refractivity contribution in [3.63, 3.8) is 0 Å². The number of amides is 1. The van der Waals surface area contributed by atoms with Crippen LogP contribution in [-0.2, 0) is 6.54 Å². The SMILES string of the molecule is COc1cccc(C(=O)NCc2cc(C)[nH]c2C)c1. The van der Waals surface area contributed by atoms with Crippen LogP contribution in [0.1, 0.15) is 27.3 Å². The molecule has 0 bridgehead atoms. The highest BCUT2D eigenvalue weighted by atomic mass is 16.5. The van der Waals surface area contributed by atoms with Gasteiger partial charge in [-0.1, -0.05) is 6.07 Å². The van der Waals surface area contributed by atoms with Gasteiger partial charge in [0.1, 0.15) is 5.75 Å². The number of carbonyl (C=O) groups excluding carboxylic acids is 1. The minimum atomic E-state index is -0.0999. The van der Waals surface area contributed by atoms with Crippen molar-refractivity contribution < 1.29 is 9.53 Å². The highest BCUT2D eigenvalue weighted by Gasteiger charge is 2.08. The van der Waals surface area contributed by atoms with Gasteiger partial charge in [0.15, 0.2) is 0 Å². The zero-order valence-corrected chi connectivity index (χ0v) is 11.4. The molecule has 4 heteroatoms. The Bertz CT molecular complexity index is 588. The molecule has 0 radical (unpaired) electrons. The second-order valence-corrected chi connectivity index (χ2v) is 4.52. The number of aromatic nitrogens is 1. The molecule has 1 heterocycles. The molecule has 0 spiro atoms. The lowest BCUT2D eigenvalue weighted by Crippen LogP contribution is -2.22. The molecule has 100 valence electrons. The fourth-order valence-corrected chi connectivity index (χ4v) is 2.01. The summed E-state index contributed by atoms with van der Waals surface area (Å²) in [5, 5.41) is 2.91. The summed E-state index contributed by atoms with van der Waals surface area (Å²) in [4.78, 5) is 15.2. The molecule has 2 rings (SSSR count). The Hall–Kier alpha value is -2.23. The van der Waals surface area contributed by atoms with Crippen LogP contribution in [0, 0.1) is 13.8 Å². The van der Waals surface area contributed by atoms with E-state index in [1.807, 2.05) is 26.0 Å². The molecule has 1 amide bonds. The topological polar surface area (TPSA) is 54.1 Å². The van der Waals surface area contributed by atoms with Crippen molar-refractivity contribution in [3.05, 3.63) is 52.8 Å². The van der Waals surface area contributed by atoms with Crippen molar-refractivity contribution in [1.29, 1.82) is 0 Å². The Kier molecular flexibility index (Phi) is 3.90. The third-order valence-corrected chi connectivity index (χ3v) is 3.03. The first-order chi connectivity index (χ1) is 9.10. The Morgan fingerprint density at radius 3 is 2.74 bits per heavy atom. The Labute approximate surface area is 112 Å². The molecule has 4 nitrogen and oxygen atoms in total. The normalized spacial score (nSPS) is 10.3. The number of benzene rings is 1. The number of H-pyrrole nitrogens is 1. The minimum Gasteiger partial charge on any atom is -0.497 e. The maximum absolute atomic E-state index is 12.0. The van der Waals surface area contributed by atoms with Gasteiger partial charge in [-0.25, -0.2) is 0 Å². The van der Waals surface area contributed by atoms with Gasteiger partial charge in [-0.15, -0.1) is 0 Å². The van der Waals surface area contributed by atoms with Gasteiger partial charge in [0.2, 0.25) is 0 Å². The molecule has 19 heavy (non-hydrogen) atoms. The molecule has 0 saturated carbocycles. The number of rotatable bonds is 4. The molecular formula is C15H18N2O2. The van der Waals surface area contributed by atoms with Crippen LogP contribution in [0.4, 0.5) is 0 Å². The predicted molar refractivity (Wildman–Crippen MR) is 74.4 cm³/mol. The largest absolute Gasteiger partial charge is 0.497 e. The van der Waals surface area contributed by atoms with Gasteiger partial charge in [-0.3, -0.25) is 4.79 Å². The summed E-state index contributed by atoms with van der Waals surface area (Å²) in [5.74, 6) is 0.582. The van der Waals surface area contributed by atoms with Crippen molar-refractivity contribution in [2.45, 2.75) is 20.4 Å². The zero-order valence-electron chi connectivity index (χ0n) is 11.4. The van der Waals surface area contributed by atoms with Crippen LogP contribution in [0.25, 0.3) is 0 Å². The van der Waals surface area contributed by atoms with Gasteiger partial charge >= 0.3 is 0 Å². The second kappa shape index (κ2) is 5.61. The van der Waals surface area contributed by atoms with Gasteiger partial charge in [0, 0.05) is 23.5 Å². The Balaban J connectivity index is 2.03. The molecular weight excluding hydrogens is 240 g/mol. The second-order valence-electron chi connectivity index (χ2n) is 4.52. The average Bonchev–Trinajstić information content (AvgIpc) is 2.74. The van der Waals surface area contributed by atoms with E-state index in [2.05, 4.69) is 10.3 Å². The van der Waals surface area contributed by atoms with Crippen LogP contribution >= 0.6 is 0 Å². The summed E-state index contributed by atoms with van der Waals surface area (Å²) in [7, 11) is 1.59. The Morgan fingerprint density at radius 1 is 1.32 bits per heavy atom. The Morgan fingerprint density at radius 2 is 2.11 bits per heavy atom. The minimum absolute atomic E-state index is 0.0999. The smallest absolute Gasteiger partial charge is 0.251 e. The molecule has 0 fully saturated rings. The van der Waals surface area contributed by atoms with E-state index in [4.69, 9.17) is 4.74 Å². The lowest BCUT2D eigenvalue weighted by molar-refractivity contribution is 0.0950. The van der Waals surface area contributed by atoms with Crippen LogP contribution < -0.4 is 10.1 Å². The average molecular weight is 258 g/mol. The highest BCUT2D eigenvalue weighted by molar-refractivity contribution is 5.94. The van der Waals surface area contributed by atoms with Crippen LogP contribution in [0.15, 0.2) is 30.3 Å². The first-order valence-corrected chi connectivity index (χ1v) is 6.17. The summed E-state index contributed by atoms with van der Waals surface area (Å²) in [5.41, 5.74) is 3.89. The van der Waals surface area contributed by atoms with Gasteiger partial charge in [-0.2, -0.15) is 0 Å². The van der Waals surface area contributed by atoms with E-state index >= 15 is 0 Å². The van der Waals surface area contributed by atoms with E-state index in [-0.39, 0.29) is 5.91 Å². The molecule has 0 atom stereocenters. The molecule has 2 aromatic rings. The van der Waals surface area contributed by atoms with Gasteiger partial charge in [-0.05, 0) is 43.7 Å². The van der Waals surface area contributed by atoms with Gasteiger partial charge < -0.3 is 15.0 Å². The van der Waals surface area contributed by atoms with Crippen molar-refractivity contribution in [2.75, 3.05) is 7.11 Å². The lowest BCUT2D eigenvalue weighted by Gasteiger charge is -2.06. The molecule has 1 aromatic carbocycles. The fourth-order valence-electron chi connectivity index (χ4n) is 2.01. The monoisotopic (exact) mass is 258 g/mol. The highest BCUT2D eigenvalue weighted by Crippen LogP contribution is 2.13. The molecule has 0 aliphatic carbocycles. The third kappa shape index (κ3) is 3.16. The van der Waals surface area contributed by atoms with Crippen LogP contribution in [0.5, 0.6) is 5.75 Å². The first-order valence-electron chi connectivity index (χ1n) is 6.17. The summed E-state index contributed by atoms with van der Waals surface area (Å²) in [6.07, 6.45) is 0. The first kappa shape index (κ1) is 13.2. The van der Waals surface area contributed by atoms with Crippen molar-refractivity contribution >= 4 is 5.91 Å². The van der Waals surface area contributed by atoms with Crippen molar-refractivity contribution in [2.24, 2.45) is 0 Å². The zero-order chi connectivity index (χ0) is 13.8. The molecule has 0 aliphatic heterocycles. The van der Waals surface area contributed by atoms with E-state index in [1.165, 1.54) is 0 Å². The van der Waals surface area contributed by atoms with E-state index in [0.29, 0.717) is 17.9 Å². The number of aryl methyl sites for hydroxylation is 2. The predicted octanol–water partition coefficient (Wildman–Crippen LogP) is 2.57. The summed E-state index contributed by atoms with van der Waals surface area (Å²) in [6.45, 7) is 4.52. The third-order valence-electron chi connectivity index (χ3n) is 3.03. The van der Waals surface area contributed by atoms with Crippen LogP contribution in [0.3, 0.4) is 0 Å². The van der Waals surface area contributed by atoms with Crippen molar-refractivity contribution in [1.82, 2.24) is 10.3 Å². The lowest BCUT2D eigenvalue weighted by atomic mass is 10.2. The number of methoxy groups -OCH3 is 1. The number of hydrogen-bond acceptors (Lipinski definition) is 2. The number of hydrogen-bond donors (Lipinski definition) is 2. The fraction of sp³-hybridized carbons (Fsp3) is 0.267. The van der Waals surface area contributed by atoms with Crippen LogP contribution in [-0.4, -0.2) is 18.0 Å². The molecule has 0 saturated heterocycles. The van der Waals surface area contributed by atoms with Crippen molar-refractivity contribution in [3.8, 4) is 5.75 Å². The van der Waals surface area contributed by atoms with Gasteiger partial charge in [0.25, 0.3) is 5.91 Å². The summed E-state index contributed by atoms with van der Waals surface area (Å²) < 4.78 is 5.11. The number of carbonyl (C=O) groups is 1. The quantitative estimate of drug-likeness (QED) is 0.885. The molecule has 0 unspecified atom stereocenters. The molecule has 2 N–H and O–H groups in total.